The average molecular weight is 216 g/mol. The fourth-order valence-electron chi connectivity index (χ4n) is 0.815. The maximum atomic E-state index is 5.34. The van der Waals surface area contributed by atoms with Crippen molar-refractivity contribution in [3.8, 4) is 0 Å². The summed E-state index contributed by atoms with van der Waals surface area (Å²) in [5.74, 6) is 0.550. The number of hydrogen-bond donors (Lipinski definition) is 2. The maximum absolute atomic E-state index is 5.34. The van der Waals surface area contributed by atoms with Crippen molar-refractivity contribution in [3.05, 3.63) is 0 Å². The monoisotopic (exact) mass is 216 g/mol. The van der Waals surface area contributed by atoms with E-state index in [1.54, 1.807) is 0 Å². The van der Waals surface area contributed by atoms with Gasteiger partial charge in [-0.15, -0.1) is 0 Å². The zero-order valence-electron chi connectivity index (χ0n) is 6.93. The molecule has 2 nitrogen and oxygen atoms in total. The van der Waals surface area contributed by atoms with Crippen molar-refractivity contribution < 1.29 is 32.7 Å². The van der Waals surface area contributed by atoms with Crippen LogP contribution in [0.5, 0.6) is 0 Å². The molecule has 0 saturated carbocycles. The summed E-state index contributed by atoms with van der Waals surface area (Å²) in [7, 11) is 4.14. The van der Waals surface area contributed by atoms with Crippen LogP contribution >= 0.6 is 0 Å². The smallest absolute Gasteiger partial charge is 0.129 e. The van der Waals surface area contributed by atoms with Gasteiger partial charge in [0.25, 0.3) is 0 Å². The Kier molecular flexibility index (Phi) is 13.8. The molecule has 0 aliphatic rings. The number of nitrogens with one attached hydrogen (secondary N) is 1. The summed E-state index contributed by atoms with van der Waals surface area (Å²) >= 11 is 0. The minimum atomic E-state index is 0. The van der Waals surface area contributed by atoms with Gasteiger partial charge in [-0.2, -0.15) is 0 Å². The van der Waals surface area contributed by atoms with E-state index in [1.165, 1.54) is 0 Å². The first kappa shape index (κ1) is 13.7. The van der Waals surface area contributed by atoms with E-state index in [9.17, 15) is 0 Å². The Labute approximate surface area is 89.8 Å². The standard InChI is InChI=1S/C6H16BN2.Y/c1-7-6(9-2)4-3-5-8;/h6,9H,3-5,8H2,1-2H3;. The Hall–Kier alpha value is 1.09. The molecule has 0 bridgehead atoms. The number of rotatable bonds is 5. The van der Waals surface area contributed by atoms with E-state index < -0.39 is 0 Å². The van der Waals surface area contributed by atoms with Crippen LogP contribution in [-0.2, 0) is 32.7 Å². The maximum Gasteiger partial charge on any atom is 0.129 e. The first-order valence-electron chi connectivity index (χ1n) is 3.52. The Morgan fingerprint density at radius 3 is 2.50 bits per heavy atom. The van der Waals surface area contributed by atoms with Crippen molar-refractivity contribution in [1.82, 2.24) is 5.32 Å². The third-order valence-electron chi connectivity index (χ3n) is 1.49. The summed E-state index contributed by atoms with van der Waals surface area (Å²) in [6.45, 7) is 2.86. The van der Waals surface area contributed by atoms with Crippen molar-refractivity contribution in [1.29, 1.82) is 0 Å². The van der Waals surface area contributed by atoms with Crippen molar-refractivity contribution in [2.24, 2.45) is 5.73 Å². The van der Waals surface area contributed by atoms with E-state index in [1.807, 2.05) is 7.05 Å². The zero-order valence-corrected chi connectivity index (χ0v) is 9.77. The number of nitrogens with two attached hydrogens (primary N) is 1. The van der Waals surface area contributed by atoms with E-state index in [0.29, 0.717) is 5.94 Å². The van der Waals surface area contributed by atoms with E-state index >= 15 is 0 Å². The van der Waals surface area contributed by atoms with Gasteiger partial charge in [0.15, 0.2) is 0 Å². The largest absolute Gasteiger partial charge is 0.330 e. The molecule has 56 valence electrons. The second kappa shape index (κ2) is 10.1. The van der Waals surface area contributed by atoms with Crippen LogP contribution in [0, 0.1) is 0 Å². The molecule has 0 aromatic heterocycles. The Morgan fingerprint density at radius 1 is 1.60 bits per heavy atom. The van der Waals surface area contributed by atoms with Gasteiger partial charge in [-0.25, -0.2) is 0 Å². The van der Waals surface area contributed by atoms with E-state index in [0.717, 1.165) is 19.4 Å². The third kappa shape index (κ3) is 7.20. The molecule has 0 fully saturated rings. The molecule has 0 heterocycles. The molecular weight excluding hydrogens is 200 g/mol. The quantitative estimate of drug-likeness (QED) is 0.635. The second-order valence-corrected chi connectivity index (χ2v) is 2.16. The van der Waals surface area contributed by atoms with E-state index in [4.69, 9.17) is 5.73 Å². The topological polar surface area (TPSA) is 38.0 Å². The molecule has 0 aromatic carbocycles. The van der Waals surface area contributed by atoms with Crippen LogP contribution in [0.4, 0.5) is 0 Å². The van der Waals surface area contributed by atoms with Crippen LogP contribution in [0.15, 0.2) is 0 Å². The first-order valence-corrected chi connectivity index (χ1v) is 3.52. The summed E-state index contributed by atoms with van der Waals surface area (Å²) in [5.41, 5.74) is 5.34. The molecule has 3 N–H and O–H groups in total. The van der Waals surface area contributed by atoms with Crippen molar-refractivity contribution in [2.45, 2.75) is 25.6 Å². The van der Waals surface area contributed by atoms with Crippen LogP contribution in [0.2, 0.25) is 6.82 Å². The van der Waals surface area contributed by atoms with Crippen molar-refractivity contribution in [2.75, 3.05) is 13.6 Å². The summed E-state index contributed by atoms with van der Waals surface area (Å²) in [6, 6.07) is 0. The predicted molar refractivity (Wildman–Crippen MR) is 42.8 cm³/mol. The van der Waals surface area contributed by atoms with Gasteiger partial charge in [-0.1, -0.05) is 6.82 Å². The Morgan fingerprint density at radius 2 is 2.20 bits per heavy atom. The third-order valence-corrected chi connectivity index (χ3v) is 1.49. The van der Waals surface area contributed by atoms with Gasteiger partial charge in [-0.3, -0.25) is 0 Å². The van der Waals surface area contributed by atoms with Crippen LogP contribution in [0.25, 0.3) is 0 Å². The normalized spacial score (nSPS) is 11.9. The molecule has 0 rings (SSSR count). The summed E-state index contributed by atoms with van der Waals surface area (Å²) in [4.78, 5) is 0. The number of hydrogen-bond acceptors (Lipinski definition) is 2. The van der Waals surface area contributed by atoms with Gasteiger partial charge >= 0.3 is 0 Å². The summed E-state index contributed by atoms with van der Waals surface area (Å²) < 4.78 is 0. The van der Waals surface area contributed by atoms with Gasteiger partial charge in [-0.05, 0) is 32.4 Å². The SMILES string of the molecule is C[B]C(CCCN)NC.[Y]. The minimum Gasteiger partial charge on any atom is -0.330 e. The van der Waals surface area contributed by atoms with Gasteiger partial charge in [0, 0.05) is 32.7 Å². The molecule has 10 heavy (non-hydrogen) atoms. The molecule has 0 aromatic rings. The molecule has 0 saturated heterocycles. The van der Waals surface area contributed by atoms with Crippen LogP contribution in [-0.4, -0.2) is 26.8 Å². The molecule has 4 heteroatoms. The predicted octanol–water partition coefficient (Wildman–Crippen LogP) is 0.0206. The Balaban J connectivity index is 0. The van der Waals surface area contributed by atoms with Crippen LogP contribution in [0.3, 0.4) is 0 Å². The van der Waals surface area contributed by atoms with Crippen LogP contribution in [0.1, 0.15) is 12.8 Å². The summed E-state index contributed by atoms with van der Waals surface area (Å²) in [6.07, 6.45) is 2.26. The van der Waals surface area contributed by atoms with Gasteiger partial charge in [0.1, 0.15) is 7.28 Å². The molecule has 0 spiro atoms. The minimum absolute atomic E-state index is 0. The molecule has 0 amide bonds. The van der Waals surface area contributed by atoms with Crippen LogP contribution < -0.4 is 11.1 Å². The average Bonchev–Trinajstić information content (AvgIpc) is 1.91. The van der Waals surface area contributed by atoms with Gasteiger partial charge in [0.05, 0.1) is 0 Å². The fraction of sp³-hybridized carbons (Fsp3) is 1.00. The Bertz CT molecular complexity index is 59.7. The van der Waals surface area contributed by atoms with Crippen molar-refractivity contribution in [3.63, 3.8) is 0 Å². The molecule has 0 aliphatic carbocycles. The van der Waals surface area contributed by atoms with E-state index in [2.05, 4.69) is 19.4 Å². The van der Waals surface area contributed by atoms with Gasteiger partial charge < -0.3 is 11.1 Å². The summed E-state index contributed by atoms with van der Waals surface area (Å²) in [5, 5.41) is 3.18. The molecule has 1 atom stereocenters. The molecule has 2 radical (unpaired) electrons. The first-order chi connectivity index (χ1) is 4.35. The van der Waals surface area contributed by atoms with Crippen molar-refractivity contribution >= 4 is 7.28 Å². The van der Waals surface area contributed by atoms with Gasteiger partial charge in [0.2, 0.25) is 0 Å². The van der Waals surface area contributed by atoms with E-state index in [-0.39, 0.29) is 32.7 Å². The fourth-order valence-corrected chi connectivity index (χ4v) is 0.815. The molecule has 1 unspecified atom stereocenters. The second-order valence-electron chi connectivity index (χ2n) is 2.16. The molecule has 0 aliphatic heterocycles. The molecular formula is C6H16BN2Y. The zero-order chi connectivity index (χ0) is 7.11.